The molecule has 0 aliphatic heterocycles. The van der Waals surface area contributed by atoms with Crippen LogP contribution in [-0.4, -0.2) is 4.98 Å². The molecule has 3 heteroatoms. The first-order valence-electron chi connectivity index (χ1n) is 8.52. The Bertz CT molecular complexity index is 986. The molecule has 0 saturated carbocycles. The normalized spacial score (nSPS) is 11.2. The molecule has 0 unspecified atom stereocenters. The van der Waals surface area contributed by atoms with Crippen molar-refractivity contribution in [1.29, 1.82) is 0 Å². The summed E-state index contributed by atoms with van der Waals surface area (Å²) in [7, 11) is -2.91. The Kier molecular flexibility index (Phi) is 4.51. The Balaban J connectivity index is 1.84. The molecule has 126 valence electrons. The van der Waals surface area contributed by atoms with Gasteiger partial charge in [-0.15, -0.1) is 0 Å². The van der Waals surface area contributed by atoms with Crippen molar-refractivity contribution in [1.82, 2.24) is 4.98 Å². The van der Waals surface area contributed by atoms with Crippen molar-refractivity contribution in [2.24, 2.45) is 0 Å². The minimum atomic E-state index is -2.91. The van der Waals surface area contributed by atoms with E-state index < -0.39 is 7.14 Å². The number of benzene rings is 3. The monoisotopic (exact) mass is 355 g/mol. The summed E-state index contributed by atoms with van der Waals surface area (Å²) in [4.78, 5) is 4.39. The summed E-state index contributed by atoms with van der Waals surface area (Å²) in [6.07, 6.45) is 1.78. The molecular formula is C23H18NOP. The topological polar surface area (TPSA) is 30.0 Å². The zero-order valence-electron chi connectivity index (χ0n) is 14.2. The van der Waals surface area contributed by atoms with Crippen LogP contribution in [0.1, 0.15) is 0 Å². The Morgan fingerprint density at radius 1 is 0.538 bits per heavy atom. The molecule has 0 atom stereocenters. The number of nitrogens with zero attached hydrogens (tertiary/aromatic N) is 1. The van der Waals surface area contributed by atoms with Gasteiger partial charge in [0.25, 0.3) is 0 Å². The van der Waals surface area contributed by atoms with Crippen LogP contribution in [0, 0.1) is 0 Å². The van der Waals surface area contributed by atoms with Crippen molar-refractivity contribution in [3.05, 3.63) is 109 Å². The highest BCUT2D eigenvalue weighted by Gasteiger charge is 2.29. The summed E-state index contributed by atoms with van der Waals surface area (Å²) in [5, 5.41) is 2.52. The van der Waals surface area contributed by atoms with Crippen LogP contribution in [-0.2, 0) is 4.57 Å². The fourth-order valence-corrected chi connectivity index (χ4v) is 5.75. The minimum absolute atomic E-state index is 0.828. The molecule has 2 nitrogen and oxygen atoms in total. The first-order valence-corrected chi connectivity index (χ1v) is 10.2. The fourth-order valence-electron chi connectivity index (χ4n) is 3.10. The standard InChI is InChI=1S/C23H18NOP/c25-26(20-9-3-1-4-10-20,21-11-5-2-6-12-21)22-16-14-19(15-17-22)23-13-7-8-18-24-23/h1-18H. The van der Waals surface area contributed by atoms with Crippen molar-refractivity contribution >= 4 is 23.1 Å². The van der Waals surface area contributed by atoms with Gasteiger partial charge in [-0.05, 0) is 12.1 Å². The second kappa shape index (κ2) is 7.11. The molecule has 0 saturated heterocycles. The molecule has 0 aliphatic carbocycles. The first kappa shape index (κ1) is 16.5. The Labute approximate surface area is 153 Å². The third kappa shape index (κ3) is 3.00. The molecule has 4 aromatic rings. The second-order valence-electron chi connectivity index (χ2n) is 6.04. The van der Waals surface area contributed by atoms with Gasteiger partial charge in [-0.25, -0.2) is 0 Å². The van der Waals surface area contributed by atoms with Gasteiger partial charge in [0.15, 0.2) is 7.14 Å². The van der Waals surface area contributed by atoms with Crippen molar-refractivity contribution in [3.63, 3.8) is 0 Å². The quantitative estimate of drug-likeness (QED) is 0.508. The number of rotatable bonds is 4. The number of pyridine rings is 1. The molecule has 0 aliphatic rings. The van der Waals surface area contributed by atoms with Gasteiger partial charge >= 0.3 is 0 Å². The number of hydrogen-bond acceptors (Lipinski definition) is 2. The molecule has 0 fully saturated rings. The van der Waals surface area contributed by atoms with Crippen LogP contribution in [0.15, 0.2) is 109 Å². The lowest BCUT2D eigenvalue weighted by Gasteiger charge is -2.20. The molecule has 0 N–H and O–H groups in total. The van der Waals surface area contributed by atoms with E-state index >= 15 is 0 Å². The molecule has 0 amide bonds. The van der Waals surface area contributed by atoms with Gasteiger partial charge in [0.1, 0.15) is 0 Å². The maximum atomic E-state index is 14.3. The summed E-state index contributed by atoms with van der Waals surface area (Å²) < 4.78 is 14.3. The highest BCUT2D eigenvalue weighted by atomic mass is 31.2. The van der Waals surface area contributed by atoms with E-state index in [-0.39, 0.29) is 0 Å². The van der Waals surface area contributed by atoms with E-state index in [9.17, 15) is 4.57 Å². The van der Waals surface area contributed by atoms with Gasteiger partial charge in [-0.3, -0.25) is 4.98 Å². The Hall–Kier alpha value is -2.96. The SMILES string of the molecule is O=P(c1ccccc1)(c1ccccc1)c1ccc(-c2ccccn2)cc1. The van der Waals surface area contributed by atoms with Gasteiger partial charge < -0.3 is 4.57 Å². The molecule has 0 bridgehead atoms. The van der Waals surface area contributed by atoms with Crippen LogP contribution in [0.5, 0.6) is 0 Å². The summed E-state index contributed by atoms with van der Waals surface area (Å²) >= 11 is 0. The second-order valence-corrected chi connectivity index (χ2v) is 8.81. The maximum Gasteiger partial charge on any atom is 0.171 e. The first-order chi connectivity index (χ1) is 12.8. The van der Waals surface area contributed by atoms with Crippen LogP contribution >= 0.6 is 7.14 Å². The predicted molar refractivity (Wildman–Crippen MR) is 109 cm³/mol. The van der Waals surface area contributed by atoms with Crippen molar-refractivity contribution < 1.29 is 4.57 Å². The van der Waals surface area contributed by atoms with E-state index in [0.29, 0.717) is 0 Å². The molecule has 3 aromatic carbocycles. The Morgan fingerprint density at radius 3 is 1.54 bits per heavy atom. The zero-order valence-corrected chi connectivity index (χ0v) is 15.1. The average molecular weight is 355 g/mol. The molecular weight excluding hydrogens is 337 g/mol. The summed E-state index contributed by atoms with van der Waals surface area (Å²) in [6, 6.07) is 33.2. The van der Waals surface area contributed by atoms with E-state index in [1.807, 2.05) is 103 Å². The van der Waals surface area contributed by atoms with Gasteiger partial charge in [0, 0.05) is 27.7 Å². The van der Waals surface area contributed by atoms with Crippen LogP contribution < -0.4 is 15.9 Å². The van der Waals surface area contributed by atoms with E-state index in [1.54, 1.807) is 6.20 Å². The van der Waals surface area contributed by atoms with Crippen LogP contribution in [0.3, 0.4) is 0 Å². The number of hydrogen-bond donors (Lipinski definition) is 0. The average Bonchev–Trinajstić information content (AvgIpc) is 2.75. The molecule has 4 rings (SSSR count). The highest BCUT2D eigenvalue weighted by Crippen LogP contribution is 2.42. The fraction of sp³-hybridized carbons (Fsp3) is 0. The van der Waals surface area contributed by atoms with E-state index in [2.05, 4.69) is 4.98 Å². The third-order valence-electron chi connectivity index (χ3n) is 4.43. The van der Waals surface area contributed by atoms with Crippen molar-refractivity contribution in [3.8, 4) is 11.3 Å². The van der Waals surface area contributed by atoms with Gasteiger partial charge in [-0.2, -0.15) is 0 Å². The molecule has 1 aromatic heterocycles. The smallest absolute Gasteiger partial charge is 0.171 e. The molecule has 0 radical (unpaired) electrons. The van der Waals surface area contributed by atoms with Crippen LogP contribution in [0.4, 0.5) is 0 Å². The minimum Gasteiger partial charge on any atom is -0.309 e. The van der Waals surface area contributed by atoms with E-state index in [0.717, 1.165) is 27.2 Å². The lowest BCUT2D eigenvalue weighted by Crippen LogP contribution is -2.24. The van der Waals surface area contributed by atoms with E-state index in [1.165, 1.54) is 0 Å². The Morgan fingerprint density at radius 2 is 1.04 bits per heavy atom. The van der Waals surface area contributed by atoms with Crippen molar-refractivity contribution in [2.75, 3.05) is 0 Å². The largest absolute Gasteiger partial charge is 0.309 e. The lowest BCUT2D eigenvalue weighted by atomic mass is 10.1. The molecule has 0 spiro atoms. The van der Waals surface area contributed by atoms with Crippen molar-refractivity contribution in [2.45, 2.75) is 0 Å². The zero-order chi connectivity index (χ0) is 17.8. The van der Waals surface area contributed by atoms with E-state index in [4.69, 9.17) is 0 Å². The van der Waals surface area contributed by atoms with Gasteiger partial charge in [0.05, 0.1) is 5.69 Å². The lowest BCUT2D eigenvalue weighted by molar-refractivity contribution is 0.592. The van der Waals surface area contributed by atoms with Gasteiger partial charge in [-0.1, -0.05) is 91.0 Å². The highest BCUT2D eigenvalue weighted by molar-refractivity contribution is 7.85. The summed E-state index contributed by atoms with van der Waals surface area (Å²) in [5.41, 5.74) is 1.93. The van der Waals surface area contributed by atoms with Crippen LogP contribution in [0.25, 0.3) is 11.3 Å². The number of aromatic nitrogens is 1. The third-order valence-corrected chi connectivity index (χ3v) is 7.51. The predicted octanol–water partition coefficient (Wildman–Crippen LogP) is 4.39. The van der Waals surface area contributed by atoms with Gasteiger partial charge in [0.2, 0.25) is 0 Å². The maximum absolute atomic E-state index is 14.3. The van der Waals surface area contributed by atoms with Crippen LogP contribution in [0.2, 0.25) is 0 Å². The summed E-state index contributed by atoms with van der Waals surface area (Å²) in [5.74, 6) is 0. The summed E-state index contributed by atoms with van der Waals surface area (Å²) in [6.45, 7) is 0. The molecule has 26 heavy (non-hydrogen) atoms. The molecule has 1 heterocycles.